The Morgan fingerprint density at radius 1 is 1.30 bits per heavy atom. The van der Waals surface area contributed by atoms with E-state index in [9.17, 15) is 9.50 Å². The Hall–Kier alpha value is -2.18. The van der Waals surface area contributed by atoms with Crippen LogP contribution >= 0.6 is 0 Å². The molecule has 0 aliphatic rings. The molecule has 0 atom stereocenters. The number of aliphatic hydroxyl groups excluding tert-OH is 1. The molecule has 27 heavy (non-hydrogen) atoms. The fraction of sp³-hybridized carbons (Fsp3) is 0.476. The molecule has 0 spiro atoms. The van der Waals surface area contributed by atoms with E-state index in [0.717, 1.165) is 43.6 Å². The Kier molecular flexibility index (Phi) is 9.01. The van der Waals surface area contributed by atoms with Gasteiger partial charge in [0.2, 0.25) is 0 Å². The summed E-state index contributed by atoms with van der Waals surface area (Å²) in [6, 6.07) is 5.62. The quantitative estimate of drug-likeness (QED) is 0.436. The maximum absolute atomic E-state index is 13.3. The summed E-state index contributed by atoms with van der Waals surface area (Å²) in [7, 11) is 0. The number of nitrogens with zero attached hydrogens (tertiary/aromatic N) is 2. The number of ether oxygens (including phenoxy) is 2. The lowest BCUT2D eigenvalue weighted by Gasteiger charge is -2.09. The van der Waals surface area contributed by atoms with Crippen molar-refractivity contribution in [1.82, 2.24) is 9.55 Å². The van der Waals surface area contributed by atoms with E-state index in [1.165, 1.54) is 12.2 Å². The minimum absolute atomic E-state index is 0.109. The minimum atomic E-state index is -0.255. The second-order valence-corrected chi connectivity index (χ2v) is 6.10. The lowest BCUT2D eigenvalue weighted by molar-refractivity contribution is 0.142. The maximum Gasteiger partial charge on any atom is 0.135 e. The summed E-state index contributed by atoms with van der Waals surface area (Å²) in [4.78, 5) is 4.48. The zero-order valence-corrected chi connectivity index (χ0v) is 16.2. The van der Waals surface area contributed by atoms with Crippen LogP contribution in [0.3, 0.4) is 0 Å². The molecule has 0 saturated carbocycles. The van der Waals surface area contributed by atoms with E-state index in [1.807, 2.05) is 36.6 Å². The number of fused-ring (bicyclic) bond motifs is 1. The topological polar surface area (TPSA) is 56.5 Å². The van der Waals surface area contributed by atoms with Crippen molar-refractivity contribution in [2.75, 3.05) is 19.8 Å². The maximum atomic E-state index is 13.3. The molecule has 148 valence electrons. The molecule has 2 aromatic rings. The van der Waals surface area contributed by atoms with Crippen molar-refractivity contribution in [3.63, 3.8) is 0 Å². The average Bonchev–Trinajstić information content (AvgIpc) is 3.02. The molecule has 0 amide bonds. The highest BCUT2D eigenvalue weighted by Crippen LogP contribution is 2.23. The number of aryl methyl sites for hydroxylation is 1. The van der Waals surface area contributed by atoms with Crippen molar-refractivity contribution in [1.29, 1.82) is 0 Å². The molecule has 0 aliphatic heterocycles. The molecule has 1 heterocycles. The molecule has 2 rings (SSSR count). The standard InChI is InChI=1S/C21H29FN2O3/c1-3-8-17(22)9-7-14-27-18-10-11-19-20(15-18)24(21(16-25)23-19)12-5-6-13-26-4-2/h7-11,15,25H,3-6,12-14,16H2,1-2H3/b9-7-,17-8+. The van der Waals surface area contributed by atoms with Gasteiger partial charge in [-0.2, -0.15) is 0 Å². The summed E-state index contributed by atoms with van der Waals surface area (Å²) in [5.74, 6) is 1.08. The molecule has 0 unspecified atom stereocenters. The molecular weight excluding hydrogens is 347 g/mol. The summed E-state index contributed by atoms with van der Waals surface area (Å²) in [6.07, 6.45) is 7.13. The third-order valence-electron chi connectivity index (χ3n) is 4.09. The number of aromatic nitrogens is 2. The first-order valence-corrected chi connectivity index (χ1v) is 9.52. The van der Waals surface area contributed by atoms with E-state index in [4.69, 9.17) is 9.47 Å². The minimum Gasteiger partial charge on any atom is -0.489 e. The van der Waals surface area contributed by atoms with Gasteiger partial charge in [-0.1, -0.05) is 6.92 Å². The Balaban J connectivity index is 2.05. The van der Waals surface area contributed by atoms with Gasteiger partial charge in [-0.25, -0.2) is 9.37 Å². The van der Waals surface area contributed by atoms with Gasteiger partial charge in [-0.15, -0.1) is 0 Å². The molecular formula is C21H29FN2O3. The Morgan fingerprint density at radius 2 is 2.15 bits per heavy atom. The van der Waals surface area contributed by atoms with Crippen LogP contribution in [-0.2, 0) is 17.9 Å². The van der Waals surface area contributed by atoms with Gasteiger partial charge in [0.1, 0.15) is 30.6 Å². The van der Waals surface area contributed by atoms with Crippen LogP contribution in [0.4, 0.5) is 4.39 Å². The summed E-state index contributed by atoms with van der Waals surface area (Å²) < 4.78 is 26.4. The second kappa shape index (κ2) is 11.5. The normalized spacial score (nSPS) is 12.4. The van der Waals surface area contributed by atoms with Crippen molar-refractivity contribution in [3.8, 4) is 5.75 Å². The molecule has 5 nitrogen and oxygen atoms in total. The van der Waals surface area contributed by atoms with Gasteiger partial charge in [0.15, 0.2) is 0 Å². The van der Waals surface area contributed by atoms with Crippen molar-refractivity contribution in [3.05, 3.63) is 48.1 Å². The second-order valence-electron chi connectivity index (χ2n) is 6.10. The lowest BCUT2D eigenvalue weighted by Crippen LogP contribution is -2.05. The van der Waals surface area contributed by atoms with Crippen LogP contribution in [0, 0.1) is 0 Å². The number of unbranched alkanes of at least 4 members (excludes halogenated alkanes) is 1. The smallest absolute Gasteiger partial charge is 0.135 e. The van der Waals surface area contributed by atoms with Crippen LogP contribution in [0.5, 0.6) is 5.75 Å². The molecule has 0 aliphatic carbocycles. The van der Waals surface area contributed by atoms with E-state index in [0.29, 0.717) is 18.0 Å². The van der Waals surface area contributed by atoms with Gasteiger partial charge < -0.3 is 19.1 Å². The molecule has 0 radical (unpaired) electrons. The van der Waals surface area contributed by atoms with Crippen molar-refractivity contribution in [2.45, 2.75) is 46.3 Å². The lowest BCUT2D eigenvalue weighted by atomic mass is 10.2. The molecule has 0 saturated heterocycles. The number of halogens is 1. The average molecular weight is 376 g/mol. The van der Waals surface area contributed by atoms with Crippen LogP contribution < -0.4 is 4.74 Å². The molecule has 1 aromatic heterocycles. The third kappa shape index (κ3) is 6.48. The van der Waals surface area contributed by atoms with Crippen LogP contribution in [0.15, 0.2) is 42.3 Å². The highest BCUT2D eigenvalue weighted by atomic mass is 19.1. The largest absolute Gasteiger partial charge is 0.489 e. The zero-order chi connectivity index (χ0) is 19.5. The predicted molar refractivity (Wildman–Crippen MR) is 105 cm³/mol. The van der Waals surface area contributed by atoms with Crippen LogP contribution in [0.2, 0.25) is 0 Å². The van der Waals surface area contributed by atoms with Crippen LogP contribution in [-0.4, -0.2) is 34.5 Å². The molecule has 6 heteroatoms. The van der Waals surface area contributed by atoms with E-state index >= 15 is 0 Å². The molecule has 0 fully saturated rings. The fourth-order valence-electron chi connectivity index (χ4n) is 2.80. The first-order chi connectivity index (χ1) is 13.2. The summed E-state index contributed by atoms with van der Waals surface area (Å²) in [5, 5.41) is 9.61. The summed E-state index contributed by atoms with van der Waals surface area (Å²) >= 11 is 0. The number of hydrogen-bond acceptors (Lipinski definition) is 4. The number of aliphatic hydroxyl groups is 1. The van der Waals surface area contributed by atoms with Gasteiger partial charge in [0.25, 0.3) is 0 Å². The SMILES string of the molecule is CC/C=C(F)\C=C/COc1ccc2nc(CO)n(CCCCOCC)c2c1. The fourth-order valence-corrected chi connectivity index (χ4v) is 2.80. The van der Waals surface area contributed by atoms with Gasteiger partial charge in [-0.05, 0) is 56.5 Å². The summed E-state index contributed by atoms with van der Waals surface area (Å²) in [5.41, 5.74) is 1.75. The number of benzene rings is 1. The first kappa shape index (κ1) is 21.1. The number of rotatable bonds is 12. The van der Waals surface area contributed by atoms with E-state index in [-0.39, 0.29) is 19.0 Å². The Morgan fingerprint density at radius 3 is 2.89 bits per heavy atom. The Bertz CT molecular complexity index is 768. The molecule has 1 N–H and O–H groups in total. The van der Waals surface area contributed by atoms with Crippen LogP contribution in [0.25, 0.3) is 11.0 Å². The van der Waals surface area contributed by atoms with Crippen molar-refractivity contribution in [2.24, 2.45) is 0 Å². The van der Waals surface area contributed by atoms with Gasteiger partial charge in [0.05, 0.1) is 11.0 Å². The monoisotopic (exact) mass is 376 g/mol. The van der Waals surface area contributed by atoms with E-state index in [2.05, 4.69) is 4.98 Å². The van der Waals surface area contributed by atoms with Gasteiger partial charge in [0, 0.05) is 25.8 Å². The highest BCUT2D eigenvalue weighted by Gasteiger charge is 2.11. The summed E-state index contributed by atoms with van der Waals surface area (Å²) in [6.45, 7) is 6.27. The molecule has 1 aromatic carbocycles. The van der Waals surface area contributed by atoms with E-state index in [1.54, 1.807) is 6.08 Å². The first-order valence-electron chi connectivity index (χ1n) is 9.52. The molecule has 0 bridgehead atoms. The highest BCUT2D eigenvalue weighted by molar-refractivity contribution is 5.77. The Labute approximate surface area is 160 Å². The van der Waals surface area contributed by atoms with Gasteiger partial charge in [-0.3, -0.25) is 0 Å². The van der Waals surface area contributed by atoms with Crippen molar-refractivity contribution >= 4 is 11.0 Å². The van der Waals surface area contributed by atoms with Gasteiger partial charge >= 0.3 is 0 Å². The van der Waals surface area contributed by atoms with Crippen LogP contribution in [0.1, 0.15) is 38.9 Å². The predicted octanol–water partition coefficient (Wildman–Crippen LogP) is 4.54. The number of allylic oxidation sites excluding steroid dienone is 3. The number of imidazole rings is 1. The van der Waals surface area contributed by atoms with Crippen molar-refractivity contribution < 1.29 is 19.0 Å². The number of hydrogen-bond donors (Lipinski definition) is 1. The van der Waals surface area contributed by atoms with E-state index < -0.39 is 0 Å². The zero-order valence-electron chi connectivity index (χ0n) is 16.2. The third-order valence-corrected chi connectivity index (χ3v) is 4.09.